The van der Waals surface area contributed by atoms with Gasteiger partial charge in [-0.25, -0.2) is 4.90 Å². The van der Waals surface area contributed by atoms with Crippen LogP contribution in [0.25, 0.3) is 5.57 Å². The minimum Gasteiger partial charge on any atom is -0.494 e. The Hall–Kier alpha value is -3.12. The van der Waals surface area contributed by atoms with E-state index < -0.39 is 0 Å². The van der Waals surface area contributed by atoms with Crippen molar-refractivity contribution in [2.24, 2.45) is 0 Å². The minimum atomic E-state index is -0.301. The van der Waals surface area contributed by atoms with Gasteiger partial charge in [0.2, 0.25) is 0 Å². The molecule has 2 amide bonds. The van der Waals surface area contributed by atoms with Crippen LogP contribution in [0.5, 0.6) is 5.75 Å². The fourth-order valence-corrected chi connectivity index (χ4v) is 4.37. The van der Waals surface area contributed by atoms with Crippen molar-refractivity contribution in [2.75, 3.05) is 24.6 Å². The Kier molecular flexibility index (Phi) is 6.33. The molecule has 0 bridgehead atoms. The first-order valence-corrected chi connectivity index (χ1v) is 11.2. The molecule has 0 spiro atoms. The topological polar surface area (TPSA) is 59.1 Å². The summed E-state index contributed by atoms with van der Waals surface area (Å²) in [6.45, 7) is 9.73. The molecule has 2 unspecified atom stereocenters. The van der Waals surface area contributed by atoms with E-state index in [-0.39, 0.29) is 24.0 Å². The van der Waals surface area contributed by atoms with Crippen LogP contribution in [0.3, 0.4) is 0 Å². The molecular formula is C26H30N2O4. The van der Waals surface area contributed by atoms with E-state index in [1.165, 1.54) is 4.90 Å². The van der Waals surface area contributed by atoms with Crippen molar-refractivity contribution in [1.29, 1.82) is 0 Å². The Morgan fingerprint density at radius 3 is 2.31 bits per heavy atom. The van der Waals surface area contributed by atoms with E-state index in [2.05, 4.69) is 6.92 Å². The lowest BCUT2D eigenvalue weighted by molar-refractivity contribution is -0.121. The van der Waals surface area contributed by atoms with Crippen LogP contribution in [0.2, 0.25) is 0 Å². The Morgan fingerprint density at radius 1 is 1.00 bits per heavy atom. The van der Waals surface area contributed by atoms with Crippen molar-refractivity contribution in [1.82, 2.24) is 4.90 Å². The predicted molar refractivity (Wildman–Crippen MR) is 124 cm³/mol. The highest BCUT2D eigenvalue weighted by molar-refractivity contribution is 6.45. The number of carbonyl (C=O) groups excluding carboxylic acids is 2. The van der Waals surface area contributed by atoms with Crippen molar-refractivity contribution < 1.29 is 19.1 Å². The van der Waals surface area contributed by atoms with Gasteiger partial charge in [-0.2, -0.15) is 0 Å². The van der Waals surface area contributed by atoms with Crippen molar-refractivity contribution in [3.63, 3.8) is 0 Å². The molecule has 6 nitrogen and oxygen atoms in total. The Balaban J connectivity index is 1.77. The maximum atomic E-state index is 13.7. The second-order valence-corrected chi connectivity index (χ2v) is 8.54. The number of carbonyl (C=O) groups is 2. The van der Waals surface area contributed by atoms with Gasteiger partial charge in [-0.1, -0.05) is 31.2 Å². The normalized spacial score (nSPS) is 21.5. The van der Waals surface area contributed by atoms with Gasteiger partial charge in [-0.3, -0.25) is 9.59 Å². The lowest BCUT2D eigenvalue weighted by Crippen LogP contribution is -2.47. The summed E-state index contributed by atoms with van der Waals surface area (Å²) >= 11 is 0. The molecule has 0 saturated carbocycles. The molecule has 4 rings (SSSR count). The number of benzene rings is 2. The van der Waals surface area contributed by atoms with E-state index in [0.717, 1.165) is 17.7 Å². The molecule has 1 fully saturated rings. The zero-order valence-electron chi connectivity index (χ0n) is 19.1. The number of aryl methyl sites for hydroxylation is 1. The molecule has 0 N–H and O–H groups in total. The standard InChI is InChI=1S/C26H30N2O4/c1-5-13-31-22-11-9-20(10-12-22)23-24(27-15-18(3)32-19(4)16-27)26(30)28(25(23)29)21-8-6-7-17(2)14-21/h6-12,14,18-19H,5,13,15-16H2,1-4H3. The first-order valence-electron chi connectivity index (χ1n) is 11.2. The highest BCUT2D eigenvalue weighted by Gasteiger charge is 2.43. The average Bonchev–Trinajstić information content (AvgIpc) is 3.02. The van der Waals surface area contributed by atoms with Crippen LogP contribution in [0.4, 0.5) is 5.69 Å². The Morgan fingerprint density at radius 2 is 1.69 bits per heavy atom. The maximum Gasteiger partial charge on any atom is 0.282 e. The van der Waals surface area contributed by atoms with Gasteiger partial charge in [-0.15, -0.1) is 0 Å². The summed E-state index contributed by atoms with van der Waals surface area (Å²) in [5, 5.41) is 0. The van der Waals surface area contributed by atoms with Crippen LogP contribution in [0, 0.1) is 6.92 Å². The average molecular weight is 435 g/mol. The van der Waals surface area contributed by atoms with Gasteiger partial charge in [0.15, 0.2) is 0 Å². The van der Waals surface area contributed by atoms with Crippen LogP contribution < -0.4 is 9.64 Å². The van der Waals surface area contributed by atoms with Gasteiger partial charge in [0.05, 0.1) is 30.1 Å². The zero-order chi connectivity index (χ0) is 22.8. The van der Waals surface area contributed by atoms with Crippen molar-refractivity contribution >= 4 is 23.1 Å². The number of amides is 2. The van der Waals surface area contributed by atoms with Gasteiger partial charge in [-0.05, 0) is 62.6 Å². The van der Waals surface area contributed by atoms with E-state index in [1.54, 1.807) is 6.07 Å². The van der Waals surface area contributed by atoms with Crippen molar-refractivity contribution in [3.8, 4) is 5.75 Å². The number of rotatable bonds is 6. The molecule has 0 aromatic heterocycles. The lowest BCUT2D eigenvalue weighted by Gasteiger charge is -2.37. The van der Waals surface area contributed by atoms with E-state index in [9.17, 15) is 9.59 Å². The number of hydrogen-bond acceptors (Lipinski definition) is 5. The van der Waals surface area contributed by atoms with E-state index >= 15 is 0 Å². The third-order valence-electron chi connectivity index (χ3n) is 5.67. The summed E-state index contributed by atoms with van der Waals surface area (Å²) < 4.78 is 11.6. The summed E-state index contributed by atoms with van der Waals surface area (Å²) in [6.07, 6.45) is 0.851. The number of morpholine rings is 1. The minimum absolute atomic E-state index is 0.0340. The maximum absolute atomic E-state index is 13.7. The third kappa shape index (κ3) is 4.28. The molecule has 2 atom stereocenters. The molecule has 2 aromatic rings. The lowest BCUT2D eigenvalue weighted by atomic mass is 10.0. The van der Waals surface area contributed by atoms with Gasteiger partial charge >= 0.3 is 0 Å². The number of anilines is 1. The Labute approximate surface area is 189 Å². The second kappa shape index (κ2) is 9.17. The van der Waals surface area contributed by atoms with E-state index in [4.69, 9.17) is 9.47 Å². The number of nitrogens with zero attached hydrogens (tertiary/aromatic N) is 2. The number of imide groups is 1. The molecule has 1 saturated heterocycles. The van der Waals surface area contributed by atoms with Crippen LogP contribution in [0.1, 0.15) is 38.3 Å². The van der Waals surface area contributed by atoms with Crippen molar-refractivity contribution in [3.05, 3.63) is 65.4 Å². The molecule has 2 aromatic carbocycles. The summed E-state index contributed by atoms with van der Waals surface area (Å²) in [4.78, 5) is 30.6. The molecule has 2 aliphatic heterocycles. The first-order chi connectivity index (χ1) is 15.4. The summed E-state index contributed by atoms with van der Waals surface area (Å²) in [5.41, 5.74) is 3.17. The molecule has 168 valence electrons. The molecule has 2 heterocycles. The first kappa shape index (κ1) is 22.1. The fourth-order valence-electron chi connectivity index (χ4n) is 4.37. The number of hydrogen-bond donors (Lipinski definition) is 0. The molecule has 0 aliphatic carbocycles. The molecule has 2 aliphatic rings. The third-order valence-corrected chi connectivity index (χ3v) is 5.67. The van der Waals surface area contributed by atoms with Crippen LogP contribution in [-0.4, -0.2) is 48.6 Å². The molecule has 6 heteroatoms. The van der Waals surface area contributed by atoms with Crippen LogP contribution >= 0.6 is 0 Å². The van der Waals surface area contributed by atoms with Gasteiger partial charge in [0.25, 0.3) is 11.8 Å². The van der Waals surface area contributed by atoms with Crippen LogP contribution in [-0.2, 0) is 14.3 Å². The summed E-state index contributed by atoms with van der Waals surface area (Å²) in [6, 6.07) is 14.9. The molecule has 0 radical (unpaired) electrons. The predicted octanol–water partition coefficient (Wildman–Crippen LogP) is 4.18. The quantitative estimate of drug-likeness (QED) is 0.639. The van der Waals surface area contributed by atoms with Gasteiger partial charge < -0.3 is 14.4 Å². The van der Waals surface area contributed by atoms with Gasteiger partial charge in [0, 0.05) is 13.1 Å². The zero-order valence-corrected chi connectivity index (χ0v) is 19.1. The largest absolute Gasteiger partial charge is 0.494 e. The highest BCUT2D eigenvalue weighted by atomic mass is 16.5. The smallest absolute Gasteiger partial charge is 0.282 e. The number of ether oxygens (including phenoxy) is 2. The van der Waals surface area contributed by atoms with E-state index in [1.807, 2.05) is 68.1 Å². The molecule has 32 heavy (non-hydrogen) atoms. The Bertz CT molecular complexity index is 1030. The van der Waals surface area contributed by atoms with E-state index in [0.29, 0.717) is 42.2 Å². The fraction of sp³-hybridized carbons (Fsp3) is 0.385. The summed E-state index contributed by atoms with van der Waals surface area (Å²) in [5.74, 6) is 0.159. The van der Waals surface area contributed by atoms with Crippen LogP contribution in [0.15, 0.2) is 54.2 Å². The second-order valence-electron chi connectivity index (χ2n) is 8.54. The monoisotopic (exact) mass is 434 g/mol. The highest BCUT2D eigenvalue weighted by Crippen LogP contribution is 2.36. The van der Waals surface area contributed by atoms with Crippen molar-refractivity contribution in [2.45, 2.75) is 46.3 Å². The van der Waals surface area contributed by atoms with Gasteiger partial charge in [0.1, 0.15) is 11.4 Å². The molecular weight excluding hydrogens is 404 g/mol. The summed E-state index contributed by atoms with van der Waals surface area (Å²) in [7, 11) is 0. The SMILES string of the molecule is CCCOc1ccc(C2=C(N3CC(C)OC(C)C3)C(=O)N(c3cccc(C)c3)C2=O)cc1.